The maximum Gasteiger partial charge on any atom is 0.146 e. The summed E-state index contributed by atoms with van der Waals surface area (Å²) in [6.07, 6.45) is 2.94. The molecule has 0 fully saturated rings. The van der Waals surface area contributed by atoms with E-state index in [2.05, 4.69) is 5.32 Å². The van der Waals surface area contributed by atoms with Crippen molar-refractivity contribution in [3.63, 3.8) is 0 Å². The van der Waals surface area contributed by atoms with Crippen LogP contribution >= 0.6 is 0 Å². The van der Waals surface area contributed by atoms with Gasteiger partial charge in [0.1, 0.15) is 5.78 Å². The van der Waals surface area contributed by atoms with E-state index in [1.807, 2.05) is 7.05 Å². The minimum Gasteiger partial charge on any atom is -0.322 e. The van der Waals surface area contributed by atoms with Gasteiger partial charge in [-0.2, -0.15) is 0 Å². The molecule has 1 atom stereocenters. The van der Waals surface area contributed by atoms with Crippen molar-refractivity contribution in [2.45, 2.75) is 32.2 Å². The Kier molecular flexibility index (Phi) is 6.07. The SMILES string of the molecule is CNCCCCC(N)C(C)=O. The van der Waals surface area contributed by atoms with Crippen LogP contribution in [0.1, 0.15) is 26.2 Å². The third kappa shape index (κ3) is 6.01. The second-order valence-electron chi connectivity index (χ2n) is 2.82. The van der Waals surface area contributed by atoms with E-state index in [0.717, 1.165) is 25.8 Å². The minimum absolute atomic E-state index is 0.0921. The lowest BCUT2D eigenvalue weighted by Crippen LogP contribution is -2.28. The monoisotopic (exact) mass is 158 g/mol. The zero-order valence-electron chi connectivity index (χ0n) is 7.39. The summed E-state index contributed by atoms with van der Waals surface area (Å²) in [6.45, 7) is 2.55. The van der Waals surface area contributed by atoms with E-state index in [1.54, 1.807) is 6.92 Å². The van der Waals surface area contributed by atoms with E-state index in [-0.39, 0.29) is 11.8 Å². The number of carbonyl (C=O) groups excluding carboxylic acids is 1. The normalized spacial score (nSPS) is 13.0. The van der Waals surface area contributed by atoms with Gasteiger partial charge in [-0.05, 0) is 33.4 Å². The molecule has 3 nitrogen and oxygen atoms in total. The maximum atomic E-state index is 10.7. The number of carbonyl (C=O) groups is 1. The Bertz CT molecular complexity index is 115. The number of unbranched alkanes of at least 4 members (excludes halogenated alkanes) is 1. The van der Waals surface area contributed by atoms with Crippen molar-refractivity contribution in [1.29, 1.82) is 0 Å². The predicted octanol–water partition coefficient (Wildman–Crippen LogP) is 0.292. The molecule has 66 valence electrons. The highest BCUT2D eigenvalue weighted by Crippen LogP contribution is 1.98. The van der Waals surface area contributed by atoms with Crippen molar-refractivity contribution < 1.29 is 4.79 Å². The van der Waals surface area contributed by atoms with Gasteiger partial charge in [-0.25, -0.2) is 0 Å². The maximum absolute atomic E-state index is 10.7. The molecule has 0 heterocycles. The van der Waals surface area contributed by atoms with Gasteiger partial charge in [0.2, 0.25) is 0 Å². The molecule has 0 amide bonds. The highest BCUT2D eigenvalue weighted by atomic mass is 16.1. The molecule has 0 spiro atoms. The first-order chi connectivity index (χ1) is 5.18. The van der Waals surface area contributed by atoms with Crippen molar-refractivity contribution in [3.05, 3.63) is 0 Å². The van der Waals surface area contributed by atoms with Crippen molar-refractivity contribution in [1.82, 2.24) is 5.32 Å². The summed E-state index contributed by atoms with van der Waals surface area (Å²) in [5, 5.41) is 3.04. The van der Waals surface area contributed by atoms with E-state index in [9.17, 15) is 4.79 Å². The molecule has 0 saturated carbocycles. The second kappa shape index (κ2) is 6.31. The van der Waals surface area contributed by atoms with Crippen LogP contribution in [0.3, 0.4) is 0 Å². The lowest BCUT2D eigenvalue weighted by Gasteiger charge is -2.06. The van der Waals surface area contributed by atoms with Crippen LogP contribution in [0, 0.1) is 0 Å². The minimum atomic E-state index is -0.244. The largest absolute Gasteiger partial charge is 0.322 e. The Morgan fingerprint density at radius 3 is 2.64 bits per heavy atom. The Morgan fingerprint density at radius 1 is 1.55 bits per heavy atom. The number of ketones is 1. The molecule has 0 bridgehead atoms. The van der Waals surface area contributed by atoms with E-state index in [4.69, 9.17) is 5.73 Å². The Labute approximate surface area is 68.3 Å². The zero-order valence-corrected chi connectivity index (χ0v) is 7.39. The summed E-state index contributed by atoms with van der Waals surface area (Å²) in [4.78, 5) is 10.7. The average molecular weight is 158 g/mol. The molecular formula is C8H18N2O. The van der Waals surface area contributed by atoms with Crippen LogP contribution < -0.4 is 11.1 Å². The van der Waals surface area contributed by atoms with E-state index in [0.29, 0.717) is 0 Å². The van der Waals surface area contributed by atoms with Crippen LogP contribution in [0.5, 0.6) is 0 Å². The summed E-state index contributed by atoms with van der Waals surface area (Å²) in [7, 11) is 1.92. The number of hydrogen-bond donors (Lipinski definition) is 2. The fourth-order valence-electron chi connectivity index (χ4n) is 0.869. The van der Waals surface area contributed by atoms with Gasteiger partial charge in [0.15, 0.2) is 0 Å². The van der Waals surface area contributed by atoms with Gasteiger partial charge < -0.3 is 11.1 Å². The molecule has 0 aliphatic carbocycles. The second-order valence-corrected chi connectivity index (χ2v) is 2.82. The molecule has 0 aliphatic heterocycles. The Morgan fingerprint density at radius 2 is 2.18 bits per heavy atom. The number of Topliss-reactive ketones (excluding diaryl/α,β-unsaturated/α-hetero) is 1. The molecular weight excluding hydrogens is 140 g/mol. The number of hydrogen-bond acceptors (Lipinski definition) is 3. The van der Waals surface area contributed by atoms with Crippen LogP contribution in [0.15, 0.2) is 0 Å². The summed E-state index contributed by atoms with van der Waals surface area (Å²) < 4.78 is 0. The smallest absolute Gasteiger partial charge is 0.146 e. The van der Waals surface area contributed by atoms with Crippen molar-refractivity contribution in [2.75, 3.05) is 13.6 Å². The molecule has 11 heavy (non-hydrogen) atoms. The van der Waals surface area contributed by atoms with Crippen LogP contribution in [-0.2, 0) is 4.79 Å². The first-order valence-corrected chi connectivity index (χ1v) is 4.09. The van der Waals surface area contributed by atoms with Crippen molar-refractivity contribution in [2.24, 2.45) is 5.73 Å². The van der Waals surface area contributed by atoms with Gasteiger partial charge in [-0.1, -0.05) is 6.42 Å². The highest BCUT2D eigenvalue weighted by molar-refractivity contribution is 5.80. The van der Waals surface area contributed by atoms with E-state index >= 15 is 0 Å². The first-order valence-electron chi connectivity index (χ1n) is 4.09. The van der Waals surface area contributed by atoms with Gasteiger partial charge in [-0.3, -0.25) is 4.79 Å². The number of rotatable bonds is 6. The summed E-state index contributed by atoms with van der Waals surface area (Å²) in [6, 6.07) is -0.244. The lowest BCUT2D eigenvalue weighted by atomic mass is 10.1. The standard InChI is InChI=1S/C8H18N2O/c1-7(11)8(9)5-3-4-6-10-2/h8,10H,3-6,9H2,1-2H3. The van der Waals surface area contributed by atoms with E-state index < -0.39 is 0 Å². The molecule has 0 radical (unpaired) electrons. The molecule has 0 aromatic heterocycles. The number of nitrogens with two attached hydrogens (primary N) is 1. The fourth-order valence-corrected chi connectivity index (χ4v) is 0.869. The van der Waals surface area contributed by atoms with Gasteiger partial charge in [0.05, 0.1) is 6.04 Å². The lowest BCUT2D eigenvalue weighted by molar-refractivity contribution is -0.118. The highest BCUT2D eigenvalue weighted by Gasteiger charge is 2.05. The zero-order chi connectivity index (χ0) is 8.69. The van der Waals surface area contributed by atoms with E-state index in [1.165, 1.54) is 0 Å². The molecule has 0 saturated heterocycles. The molecule has 3 heteroatoms. The van der Waals surface area contributed by atoms with Gasteiger partial charge in [0, 0.05) is 0 Å². The third-order valence-corrected chi connectivity index (χ3v) is 1.71. The molecule has 0 rings (SSSR count). The quantitative estimate of drug-likeness (QED) is 0.546. The molecule has 3 N–H and O–H groups in total. The average Bonchev–Trinajstić information content (AvgIpc) is 1.97. The fraction of sp³-hybridized carbons (Fsp3) is 0.875. The number of nitrogens with one attached hydrogen (secondary N) is 1. The topological polar surface area (TPSA) is 55.1 Å². The van der Waals surface area contributed by atoms with Crippen molar-refractivity contribution in [3.8, 4) is 0 Å². The van der Waals surface area contributed by atoms with Crippen LogP contribution in [-0.4, -0.2) is 25.4 Å². The summed E-state index contributed by atoms with van der Waals surface area (Å²) in [5.74, 6) is 0.0921. The van der Waals surface area contributed by atoms with Gasteiger partial charge in [0.25, 0.3) is 0 Å². The van der Waals surface area contributed by atoms with Crippen LogP contribution in [0.25, 0.3) is 0 Å². The van der Waals surface area contributed by atoms with Crippen LogP contribution in [0.4, 0.5) is 0 Å². The van der Waals surface area contributed by atoms with Crippen LogP contribution in [0.2, 0.25) is 0 Å². The Balaban J connectivity index is 3.17. The predicted molar refractivity (Wildman–Crippen MR) is 46.4 cm³/mol. The molecule has 0 aliphatic rings. The Hall–Kier alpha value is -0.410. The van der Waals surface area contributed by atoms with Gasteiger partial charge in [-0.15, -0.1) is 0 Å². The summed E-state index contributed by atoms with van der Waals surface area (Å²) in [5.41, 5.74) is 5.53. The van der Waals surface area contributed by atoms with Gasteiger partial charge >= 0.3 is 0 Å². The molecule has 0 aromatic rings. The molecule has 1 unspecified atom stereocenters. The summed E-state index contributed by atoms with van der Waals surface area (Å²) >= 11 is 0. The van der Waals surface area contributed by atoms with Crippen molar-refractivity contribution >= 4 is 5.78 Å². The first kappa shape index (κ1) is 10.6. The molecule has 0 aromatic carbocycles. The third-order valence-electron chi connectivity index (χ3n) is 1.71.